The van der Waals surface area contributed by atoms with E-state index >= 15 is 0 Å². The van der Waals surface area contributed by atoms with Gasteiger partial charge >= 0.3 is 6.18 Å². The quantitative estimate of drug-likeness (QED) is 0.590. The maximum absolute atomic E-state index is 13.0. The van der Waals surface area contributed by atoms with E-state index in [1.165, 1.54) is 6.07 Å². The van der Waals surface area contributed by atoms with Crippen LogP contribution in [0.1, 0.15) is 5.56 Å². The summed E-state index contributed by atoms with van der Waals surface area (Å²) in [5.74, 6) is -1.24. The molecule has 0 unspecified atom stereocenters. The molecule has 0 saturated heterocycles. The van der Waals surface area contributed by atoms with Crippen LogP contribution >= 0.6 is 11.3 Å². The van der Waals surface area contributed by atoms with Crippen molar-refractivity contribution < 1.29 is 17.6 Å². The summed E-state index contributed by atoms with van der Waals surface area (Å²) in [6, 6.07) is 3.15. The topological polar surface area (TPSA) is 0 Å². The van der Waals surface area contributed by atoms with Crippen LogP contribution in [0, 0.1) is 11.2 Å². The van der Waals surface area contributed by atoms with Crippen LogP contribution in [-0.4, -0.2) is 0 Å². The summed E-state index contributed by atoms with van der Waals surface area (Å²) in [6.45, 7) is 0. The molecule has 0 N–H and O–H groups in total. The van der Waals surface area contributed by atoms with Gasteiger partial charge in [-0.3, -0.25) is 0 Å². The molecule has 1 aromatic carbocycles. The van der Waals surface area contributed by atoms with Crippen LogP contribution in [0.25, 0.3) is 10.1 Å². The van der Waals surface area contributed by atoms with Crippen LogP contribution in [0.5, 0.6) is 0 Å². The van der Waals surface area contributed by atoms with Gasteiger partial charge in [0.1, 0.15) is 5.82 Å². The summed E-state index contributed by atoms with van der Waals surface area (Å²) < 4.78 is 50.1. The molecular weight excluding hydrogens is 216 g/mol. The van der Waals surface area contributed by atoms with Crippen molar-refractivity contribution in [3.63, 3.8) is 0 Å². The van der Waals surface area contributed by atoms with Crippen molar-refractivity contribution in [3.8, 4) is 0 Å². The van der Waals surface area contributed by atoms with Crippen molar-refractivity contribution in [2.75, 3.05) is 0 Å². The maximum Gasteiger partial charge on any atom is 0.419 e. The summed E-state index contributed by atoms with van der Waals surface area (Å²) in [5.41, 5.74) is -1.22. The number of hydrogen-bond acceptors (Lipinski definition) is 1. The number of rotatable bonds is 0. The average Bonchev–Trinajstić information content (AvgIpc) is 2.47. The van der Waals surface area contributed by atoms with E-state index in [1.54, 1.807) is 0 Å². The Morgan fingerprint density at radius 1 is 1.21 bits per heavy atom. The molecule has 0 aliphatic carbocycles. The molecule has 0 bridgehead atoms. The van der Waals surface area contributed by atoms with Gasteiger partial charge in [-0.1, -0.05) is 0 Å². The molecular formula is C9H3F4S. The van der Waals surface area contributed by atoms with Gasteiger partial charge in [0.25, 0.3) is 0 Å². The van der Waals surface area contributed by atoms with Crippen LogP contribution < -0.4 is 0 Å². The van der Waals surface area contributed by atoms with E-state index in [0.717, 1.165) is 23.5 Å². The molecule has 1 radical (unpaired) electrons. The normalized spacial score (nSPS) is 12.3. The van der Waals surface area contributed by atoms with Crippen LogP contribution in [0.4, 0.5) is 17.6 Å². The molecule has 2 aromatic rings. The standard InChI is InChI=1S/C9H3F4S/c10-7-3-5-1-2-14-8(5)4-6(7)9(11,12)13/h1,3-4H. The minimum absolute atomic E-state index is 0.388. The van der Waals surface area contributed by atoms with E-state index in [-0.39, 0.29) is 0 Å². The van der Waals surface area contributed by atoms with E-state index in [2.05, 4.69) is 5.38 Å². The molecule has 73 valence electrons. The van der Waals surface area contributed by atoms with E-state index in [0.29, 0.717) is 10.1 Å². The number of alkyl halides is 3. The molecule has 0 saturated carbocycles. The molecule has 0 aliphatic rings. The first-order valence-electron chi connectivity index (χ1n) is 3.65. The first kappa shape index (κ1) is 9.45. The highest BCUT2D eigenvalue weighted by Crippen LogP contribution is 2.34. The predicted molar refractivity (Wildman–Crippen MR) is 45.6 cm³/mol. The number of fused-ring (bicyclic) bond motifs is 1. The van der Waals surface area contributed by atoms with Gasteiger partial charge in [-0.25, -0.2) is 4.39 Å². The van der Waals surface area contributed by atoms with E-state index < -0.39 is 17.6 Å². The fourth-order valence-corrected chi connectivity index (χ4v) is 1.87. The van der Waals surface area contributed by atoms with Gasteiger partial charge in [0.2, 0.25) is 0 Å². The van der Waals surface area contributed by atoms with Crippen molar-refractivity contribution in [1.29, 1.82) is 0 Å². The van der Waals surface area contributed by atoms with Crippen LogP contribution in [-0.2, 0) is 6.18 Å². The van der Waals surface area contributed by atoms with Gasteiger partial charge in [-0.05, 0) is 23.6 Å². The molecule has 2 rings (SSSR count). The number of benzene rings is 1. The molecule has 0 atom stereocenters. The lowest BCUT2D eigenvalue weighted by atomic mass is 10.1. The highest BCUT2D eigenvalue weighted by atomic mass is 32.1. The lowest BCUT2D eigenvalue weighted by Crippen LogP contribution is -2.07. The third-order valence-electron chi connectivity index (χ3n) is 1.79. The molecule has 1 heterocycles. The third kappa shape index (κ3) is 1.48. The van der Waals surface area contributed by atoms with Gasteiger partial charge in [0, 0.05) is 10.1 Å². The fraction of sp³-hybridized carbons (Fsp3) is 0.111. The molecule has 14 heavy (non-hydrogen) atoms. The van der Waals surface area contributed by atoms with Crippen molar-refractivity contribution >= 4 is 21.4 Å². The van der Waals surface area contributed by atoms with Crippen LogP contribution in [0.2, 0.25) is 0 Å². The zero-order valence-corrected chi connectivity index (χ0v) is 7.47. The molecule has 1 aromatic heterocycles. The summed E-state index contributed by atoms with van der Waals surface area (Å²) in [5, 5.41) is 3.10. The first-order valence-corrected chi connectivity index (χ1v) is 4.46. The number of halogens is 4. The zero-order valence-electron chi connectivity index (χ0n) is 6.65. The third-order valence-corrected chi connectivity index (χ3v) is 2.60. The van der Waals surface area contributed by atoms with Crippen molar-refractivity contribution in [2.24, 2.45) is 0 Å². The van der Waals surface area contributed by atoms with E-state index in [4.69, 9.17) is 0 Å². The van der Waals surface area contributed by atoms with Crippen molar-refractivity contribution in [3.05, 3.63) is 35.0 Å². The fourth-order valence-electron chi connectivity index (χ4n) is 1.14. The van der Waals surface area contributed by atoms with E-state index in [9.17, 15) is 17.6 Å². The van der Waals surface area contributed by atoms with Gasteiger partial charge < -0.3 is 0 Å². The smallest absolute Gasteiger partial charge is 0.206 e. The summed E-state index contributed by atoms with van der Waals surface area (Å²) in [7, 11) is 0. The second-order valence-electron chi connectivity index (χ2n) is 2.73. The molecule has 0 amide bonds. The Hall–Kier alpha value is -1.10. The minimum atomic E-state index is -4.64. The van der Waals surface area contributed by atoms with Crippen LogP contribution in [0.15, 0.2) is 18.2 Å². The second-order valence-corrected chi connectivity index (χ2v) is 3.61. The van der Waals surface area contributed by atoms with Crippen LogP contribution in [0.3, 0.4) is 0 Å². The zero-order chi connectivity index (χ0) is 10.3. The SMILES string of the molecule is Fc1cc2c[c]sc2cc1C(F)(F)F. The highest BCUT2D eigenvalue weighted by Gasteiger charge is 2.34. The Balaban J connectivity index is 2.71. The summed E-state index contributed by atoms with van der Waals surface area (Å²) in [4.78, 5) is 0. The Morgan fingerprint density at radius 3 is 2.57 bits per heavy atom. The van der Waals surface area contributed by atoms with Crippen molar-refractivity contribution in [1.82, 2.24) is 0 Å². The lowest BCUT2D eigenvalue weighted by molar-refractivity contribution is -0.139. The van der Waals surface area contributed by atoms with Gasteiger partial charge in [-0.2, -0.15) is 13.2 Å². The molecule has 0 spiro atoms. The Labute approximate surface area is 80.8 Å². The minimum Gasteiger partial charge on any atom is -0.206 e. The Morgan fingerprint density at radius 2 is 1.93 bits per heavy atom. The number of thiophene rings is 1. The summed E-state index contributed by atoms with van der Waals surface area (Å²) >= 11 is 1.03. The molecule has 5 heteroatoms. The first-order chi connectivity index (χ1) is 6.48. The van der Waals surface area contributed by atoms with Gasteiger partial charge in [0.05, 0.1) is 5.56 Å². The molecule has 0 aliphatic heterocycles. The molecule has 0 fully saturated rings. The largest absolute Gasteiger partial charge is 0.419 e. The molecule has 0 nitrogen and oxygen atoms in total. The Kier molecular flexibility index (Phi) is 1.99. The Bertz CT molecular complexity index is 469. The van der Waals surface area contributed by atoms with Gasteiger partial charge in [0.15, 0.2) is 0 Å². The number of hydrogen-bond donors (Lipinski definition) is 0. The van der Waals surface area contributed by atoms with Gasteiger partial charge in [-0.15, -0.1) is 11.3 Å². The monoisotopic (exact) mass is 219 g/mol. The van der Waals surface area contributed by atoms with E-state index in [1.807, 2.05) is 0 Å². The average molecular weight is 219 g/mol. The lowest BCUT2D eigenvalue weighted by Gasteiger charge is -2.07. The van der Waals surface area contributed by atoms with Crippen molar-refractivity contribution in [2.45, 2.75) is 6.18 Å². The maximum atomic E-state index is 13.0. The predicted octanol–water partition coefficient (Wildman–Crippen LogP) is 3.86. The summed E-state index contributed by atoms with van der Waals surface area (Å²) in [6.07, 6.45) is -4.64. The highest BCUT2D eigenvalue weighted by molar-refractivity contribution is 7.16. The second kappa shape index (κ2) is 2.95.